The lowest BCUT2D eigenvalue weighted by Gasteiger charge is -2.26. The van der Waals surface area contributed by atoms with Crippen molar-refractivity contribution in [2.45, 2.75) is 67.2 Å². The van der Waals surface area contributed by atoms with Gasteiger partial charge in [0.1, 0.15) is 80.2 Å². The Morgan fingerprint density at radius 1 is 0.419 bits per heavy atom. The van der Waals surface area contributed by atoms with Crippen molar-refractivity contribution in [2.24, 2.45) is 0 Å². The third-order valence-corrected chi connectivity index (χ3v) is 13.6. The molecule has 0 amide bonds. The quantitative estimate of drug-likeness (QED) is 0.113. The van der Waals surface area contributed by atoms with Gasteiger partial charge in [-0.2, -0.15) is 0 Å². The van der Waals surface area contributed by atoms with Gasteiger partial charge in [-0.1, -0.05) is 72.8 Å². The Kier molecular flexibility index (Phi) is 11.7. The van der Waals surface area contributed by atoms with E-state index in [2.05, 4.69) is 9.97 Å². The highest BCUT2D eigenvalue weighted by molar-refractivity contribution is 6.11. The van der Waals surface area contributed by atoms with Crippen LogP contribution < -0.4 is 18.9 Å². The third-order valence-electron chi connectivity index (χ3n) is 13.6. The maximum Gasteiger partial charge on any atom is 0.208 e. The average Bonchev–Trinajstić information content (AvgIpc) is 3.86. The molecule has 368 valence electrons. The van der Waals surface area contributed by atoms with Crippen LogP contribution >= 0.6 is 0 Å². The number of carbonyl (C=O) groups excluding carboxylic acids is 2. The summed E-state index contributed by atoms with van der Waals surface area (Å²) in [7, 11) is 0. The molecule has 2 unspecified atom stereocenters. The largest absolute Gasteiger partial charge is 0.506 e. The molecule has 3 heterocycles. The summed E-state index contributed by atoms with van der Waals surface area (Å²) >= 11 is 0. The lowest BCUT2D eigenvalue weighted by atomic mass is 9.88. The Morgan fingerprint density at radius 2 is 0.743 bits per heavy atom. The van der Waals surface area contributed by atoms with E-state index in [0.29, 0.717) is 68.4 Å². The van der Waals surface area contributed by atoms with Crippen LogP contribution in [0.15, 0.2) is 133 Å². The summed E-state index contributed by atoms with van der Waals surface area (Å²) in [6, 6.07) is 29.9. The second-order valence-corrected chi connectivity index (χ2v) is 19.0. The van der Waals surface area contributed by atoms with Gasteiger partial charge in [0.25, 0.3) is 0 Å². The fourth-order valence-corrected chi connectivity index (χ4v) is 9.63. The van der Waals surface area contributed by atoms with Gasteiger partial charge in [0.05, 0.1) is 11.8 Å². The summed E-state index contributed by atoms with van der Waals surface area (Å²) in [5, 5.41) is 23.9. The Morgan fingerprint density at radius 3 is 1.14 bits per heavy atom. The van der Waals surface area contributed by atoms with Gasteiger partial charge in [0.15, 0.2) is 23.0 Å². The van der Waals surface area contributed by atoms with E-state index in [1.807, 2.05) is 140 Å². The molecule has 74 heavy (non-hydrogen) atoms. The van der Waals surface area contributed by atoms with Crippen LogP contribution in [0.1, 0.15) is 100 Å². The summed E-state index contributed by atoms with van der Waals surface area (Å²) < 4.78 is 27.1. The fraction of sp³-hybridized carbons (Fsp3) is 0.167. The van der Waals surface area contributed by atoms with Gasteiger partial charge in [-0.15, -0.1) is 0 Å². The molecule has 1 aliphatic heterocycles. The van der Waals surface area contributed by atoms with Crippen molar-refractivity contribution in [1.82, 2.24) is 29.9 Å². The molecular formula is C60H50N6O8. The number of hydrogen-bond donors (Lipinski definition) is 4. The monoisotopic (exact) mass is 982 g/mol. The number of aliphatic hydroxyl groups excluding tert-OH is 2. The summed E-state index contributed by atoms with van der Waals surface area (Å²) in [5.74, 6) is 1.49. The molecule has 3 aliphatic carbocycles. The van der Waals surface area contributed by atoms with Crippen molar-refractivity contribution in [3.8, 4) is 34.5 Å². The SMILES string of the molecule is Cc1cccc(C)c1OC1=CC2c3nc4cc(nc5[nH]c(nc6cc(nc([nH]3)C2C=C1Oc1c(C)cccc1C)C(O)=CC6=O)c1cc(Oc2c(C)cccc2C)c(Oc2c(C)cccc2C)cc51)C(O)=CC4=O. The summed E-state index contributed by atoms with van der Waals surface area (Å²) in [4.78, 5) is 54.2. The number of H-pyrrole nitrogens is 2. The number of allylic oxidation sites excluding steroid dienone is 4. The van der Waals surface area contributed by atoms with Crippen LogP contribution in [0.5, 0.6) is 34.5 Å². The van der Waals surface area contributed by atoms with E-state index in [0.717, 1.165) is 56.7 Å². The smallest absolute Gasteiger partial charge is 0.208 e. The molecule has 11 rings (SSSR count). The van der Waals surface area contributed by atoms with Crippen molar-refractivity contribution in [1.29, 1.82) is 0 Å². The minimum absolute atomic E-state index is 0.0149. The summed E-state index contributed by atoms with van der Waals surface area (Å²) in [6.07, 6.45) is 5.90. The zero-order valence-electron chi connectivity index (χ0n) is 41.8. The Hall–Kier alpha value is -9.30. The van der Waals surface area contributed by atoms with Crippen LogP contribution in [0.3, 0.4) is 0 Å². The van der Waals surface area contributed by atoms with Gasteiger partial charge < -0.3 is 39.1 Å². The molecule has 2 aromatic heterocycles. The zero-order valence-corrected chi connectivity index (χ0v) is 41.8. The number of aryl methyl sites for hydroxylation is 8. The Labute approximate surface area is 425 Å². The van der Waals surface area contributed by atoms with Crippen molar-refractivity contribution < 1.29 is 38.7 Å². The number of aliphatic hydroxyl groups is 2. The lowest BCUT2D eigenvalue weighted by Crippen LogP contribution is -2.18. The molecule has 0 spiro atoms. The van der Waals surface area contributed by atoms with Gasteiger partial charge in [0.2, 0.25) is 11.6 Å². The molecule has 8 bridgehead atoms. The fourth-order valence-electron chi connectivity index (χ4n) is 9.63. The number of para-hydroxylation sites is 4. The molecule has 14 heteroatoms. The highest BCUT2D eigenvalue weighted by Gasteiger charge is 2.38. The van der Waals surface area contributed by atoms with Gasteiger partial charge in [0, 0.05) is 22.9 Å². The zero-order chi connectivity index (χ0) is 51.7. The second kappa shape index (κ2) is 18.4. The number of rotatable bonds is 8. The van der Waals surface area contributed by atoms with Crippen molar-refractivity contribution in [2.75, 3.05) is 0 Å². The van der Waals surface area contributed by atoms with Crippen molar-refractivity contribution in [3.05, 3.63) is 212 Å². The molecule has 4 N–H and O–H groups in total. The van der Waals surface area contributed by atoms with E-state index >= 15 is 0 Å². The van der Waals surface area contributed by atoms with Crippen LogP contribution in [0, 0.1) is 55.4 Å². The minimum atomic E-state index is -0.627. The van der Waals surface area contributed by atoms with Crippen LogP contribution in [-0.4, -0.2) is 51.7 Å². The molecule has 0 fully saturated rings. The van der Waals surface area contributed by atoms with Gasteiger partial charge in [-0.3, -0.25) is 9.59 Å². The summed E-state index contributed by atoms with van der Waals surface area (Å²) in [5.41, 5.74) is 7.58. The number of aromatic nitrogens is 6. The number of hydrogen-bond acceptors (Lipinski definition) is 12. The minimum Gasteiger partial charge on any atom is -0.506 e. The number of benzene rings is 5. The van der Waals surface area contributed by atoms with E-state index in [1.54, 1.807) is 12.1 Å². The van der Waals surface area contributed by atoms with Gasteiger partial charge >= 0.3 is 0 Å². The van der Waals surface area contributed by atoms with Crippen LogP contribution in [0.2, 0.25) is 0 Å². The predicted molar refractivity (Wildman–Crippen MR) is 282 cm³/mol. The number of aromatic amines is 2. The van der Waals surface area contributed by atoms with Crippen LogP contribution in [-0.2, 0) is 0 Å². The Bertz CT molecular complexity index is 3850. The molecule has 0 saturated carbocycles. The number of fused-ring (bicyclic) bond motifs is 14. The maximum atomic E-state index is 13.9. The molecule has 0 saturated heterocycles. The maximum absolute atomic E-state index is 13.9. The first-order valence-electron chi connectivity index (χ1n) is 24.1. The van der Waals surface area contributed by atoms with Gasteiger partial charge in [-0.25, -0.2) is 19.9 Å². The second-order valence-electron chi connectivity index (χ2n) is 19.0. The first-order valence-corrected chi connectivity index (χ1v) is 24.1. The van der Waals surface area contributed by atoms with E-state index in [1.165, 1.54) is 12.1 Å². The molecule has 2 atom stereocenters. The predicted octanol–water partition coefficient (Wildman–Crippen LogP) is 13.4. The lowest BCUT2D eigenvalue weighted by molar-refractivity contribution is 0.103. The Balaban J connectivity index is 1.17. The number of ether oxygens (including phenoxy) is 4. The number of ketones is 2. The normalized spacial score (nSPS) is 15.8. The van der Waals surface area contributed by atoms with Crippen molar-refractivity contribution in [3.63, 3.8) is 0 Å². The standard InChI is InChI=1S/C60H50N6O8/c1-29-13-9-14-30(2)53(29)71-49-21-37-38(22-50(49)72-54-31(3)15-10-16-32(54)4)58-62-42-26-44(48(70)28-46(42)68)64-60-40-24-52(74-56-35(7)19-12-20-36(56)8)51(73-55-33(5)17-11-18-34(55)6)23-39(40)59(66-60)63-43-25-41(61-57(37)65-58)45(67)27-47(43)69/h9-28,37-38,66-67,70H,1-8H3,(H,61,62,65). The average molecular weight is 983 g/mol. The molecule has 4 aliphatic rings. The van der Waals surface area contributed by atoms with E-state index in [4.69, 9.17) is 38.9 Å². The summed E-state index contributed by atoms with van der Waals surface area (Å²) in [6.45, 7) is 15.7. The van der Waals surface area contributed by atoms with Gasteiger partial charge in [-0.05, 0) is 136 Å². The number of nitrogens with zero attached hydrogens (tertiary/aromatic N) is 4. The number of carbonyl (C=O) groups is 2. The first-order chi connectivity index (χ1) is 35.6. The van der Waals surface area contributed by atoms with E-state index < -0.39 is 29.2 Å². The van der Waals surface area contributed by atoms with E-state index in [9.17, 15) is 19.8 Å². The first kappa shape index (κ1) is 47.0. The molecule has 5 aromatic carbocycles. The van der Waals surface area contributed by atoms with Crippen LogP contribution in [0.25, 0.3) is 33.6 Å². The van der Waals surface area contributed by atoms with Crippen molar-refractivity contribution >= 4 is 45.2 Å². The molecule has 14 nitrogen and oxygen atoms in total. The highest BCUT2D eigenvalue weighted by atomic mass is 16.5. The number of nitrogens with one attached hydrogen (secondary N) is 2. The van der Waals surface area contributed by atoms with E-state index in [-0.39, 0.29) is 39.8 Å². The molecule has 0 radical (unpaired) electrons. The molecular weight excluding hydrogens is 933 g/mol. The highest BCUT2D eigenvalue weighted by Crippen LogP contribution is 2.46. The van der Waals surface area contributed by atoms with Crippen LogP contribution in [0.4, 0.5) is 0 Å². The molecule has 7 aromatic rings. The third kappa shape index (κ3) is 8.59. The topological polar surface area (TPSA) is 195 Å².